The first kappa shape index (κ1) is 18.0. The molecule has 0 saturated carbocycles. The van der Waals surface area contributed by atoms with Crippen LogP contribution in [-0.2, 0) is 9.53 Å². The number of rotatable bonds is 6. The summed E-state index contributed by atoms with van der Waals surface area (Å²) in [5.74, 6) is -0.0256. The van der Waals surface area contributed by atoms with E-state index in [9.17, 15) is 9.59 Å². The molecule has 122 valence electrons. The van der Waals surface area contributed by atoms with Crippen molar-refractivity contribution in [2.75, 3.05) is 6.54 Å². The summed E-state index contributed by atoms with van der Waals surface area (Å²) in [6.07, 6.45) is 0.491. The Bertz CT molecular complexity index is 480. The molecule has 1 atom stereocenters. The highest BCUT2D eigenvalue weighted by molar-refractivity contribution is 5.76. The van der Waals surface area contributed by atoms with Crippen LogP contribution in [-0.4, -0.2) is 24.1 Å². The Hall–Kier alpha value is -2.04. The van der Waals surface area contributed by atoms with Gasteiger partial charge in [0.15, 0.2) is 0 Å². The van der Waals surface area contributed by atoms with Gasteiger partial charge in [0, 0.05) is 13.0 Å². The molecular weight excluding hydrogens is 280 g/mol. The molecule has 5 heteroatoms. The van der Waals surface area contributed by atoms with Gasteiger partial charge in [0.25, 0.3) is 0 Å². The van der Waals surface area contributed by atoms with Crippen molar-refractivity contribution < 1.29 is 14.3 Å². The predicted octanol–water partition coefficient (Wildman–Crippen LogP) is 3.17. The second-order valence-corrected chi connectivity index (χ2v) is 6.23. The van der Waals surface area contributed by atoms with E-state index >= 15 is 0 Å². The predicted molar refractivity (Wildman–Crippen MR) is 86.5 cm³/mol. The van der Waals surface area contributed by atoms with Crippen LogP contribution in [0.2, 0.25) is 0 Å². The summed E-state index contributed by atoms with van der Waals surface area (Å²) in [7, 11) is 0. The molecule has 2 amide bonds. The summed E-state index contributed by atoms with van der Waals surface area (Å²) in [5.41, 5.74) is 0.565. The van der Waals surface area contributed by atoms with E-state index in [2.05, 4.69) is 10.6 Å². The molecule has 1 aromatic carbocycles. The van der Waals surface area contributed by atoms with Gasteiger partial charge < -0.3 is 15.4 Å². The zero-order chi connectivity index (χ0) is 16.6. The van der Waals surface area contributed by atoms with Crippen molar-refractivity contribution in [3.63, 3.8) is 0 Å². The molecular formula is C17H26N2O3. The maximum Gasteiger partial charge on any atom is 0.407 e. The van der Waals surface area contributed by atoms with Gasteiger partial charge in [-0.2, -0.15) is 0 Å². The number of alkyl carbamates (subject to hydrolysis) is 1. The van der Waals surface area contributed by atoms with Crippen molar-refractivity contribution in [1.82, 2.24) is 10.6 Å². The summed E-state index contributed by atoms with van der Waals surface area (Å²) < 4.78 is 5.12. The first-order valence-corrected chi connectivity index (χ1v) is 7.59. The summed E-state index contributed by atoms with van der Waals surface area (Å²) >= 11 is 0. The van der Waals surface area contributed by atoms with Gasteiger partial charge in [-0.05, 0) is 39.7 Å². The minimum absolute atomic E-state index is 0.0208. The fourth-order valence-corrected chi connectivity index (χ4v) is 1.89. The standard InChI is InChI=1S/C17H26N2O3/c1-13(14-9-6-5-7-10-14)19-15(20)11-8-12-18-16(21)22-17(2,3)4/h5-7,9-10,13H,8,11-12H2,1-4H3,(H,18,21)(H,19,20). The molecule has 22 heavy (non-hydrogen) atoms. The van der Waals surface area contributed by atoms with Crippen LogP contribution >= 0.6 is 0 Å². The maximum atomic E-state index is 11.8. The van der Waals surface area contributed by atoms with Crippen LogP contribution in [0.15, 0.2) is 30.3 Å². The van der Waals surface area contributed by atoms with Crippen molar-refractivity contribution >= 4 is 12.0 Å². The zero-order valence-corrected chi connectivity index (χ0v) is 13.8. The van der Waals surface area contributed by atoms with Gasteiger partial charge in [0.1, 0.15) is 5.60 Å². The Labute approximate surface area is 132 Å². The van der Waals surface area contributed by atoms with Crippen molar-refractivity contribution in [2.24, 2.45) is 0 Å². The van der Waals surface area contributed by atoms with Crippen LogP contribution in [0.1, 0.15) is 52.1 Å². The molecule has 1 aromatic rings. The Balaban J connectivity index is 2.20. The van der Waals surface area contributed by atoms with Crippen LogP contribution in [0.5, 0.6) is 0 Å². The van der Waals surface area contributed by atoms with Gasteiger partial charge in [-0.25, -0.2) is 4.79 Å². The summed E-state index contributed by atoms with van der Waals surface area (Å²) in [5, 5.41) is 5.58. The lowest BCUT2D eigenvalue weighted by atomic mass is 10.1. The summed E-state index contributed by atoms with van der Waals surface area (Å²) in [6, 6.07) is 9.78. The van der Waals surface area contributed by atoms with Gasteiger partial charge in [-0.1, -0.05) is 30.3 Å². The van der Waals surface area contributed by atoms with E-state index in [1.165, 1.54) is 0 Å². The Kier molecular flexibility index (Phi) is 6.89. The van der Waals surface area contributed by atoms with E-state index in [0.29, 0.717) is 19.4 Å². The topological polar surface area (TPSA) is 67.4 Å². The van der Waals surface area contributed by atoms with Crippen molar-refractivity contribution in [1.29, 1.82) is 0 Å². The van der Waals surface area contributed by atoms with E-state index in [1.807, 2.05) is 58.0 Å². The lowest BCUT2D eigenvalue weighted by Crippen LogP contribution is -2.33. The average molecular weight is 306 g/mol. The largest absolute Gasteiger partial charge is 0.444 e. The van der Waals surface area contributed by atoms with E-state index in [0.717, 1.165) is 5.56 Å². The number of amides is 2. The fourth-order valence-electron chi connectivity index (χ4n) is 1.89. The third-order valence-corrected chi connectivity index (χ3v) is 2.93. The van der Waals surface area contributed by atoms with Crippen LogP contribution in [0.3, 0.4) is 0 Å². The van der Waals surface area contributed by atoms with Crippen molar-refractivity contribution in [2.45, 2.75) is 52.2 Å². The van der Waals surface area contributed by atoms with Gasteiger partial charge in [-0.3, -0.25) is 4.79 Å². The summed E-state index contributed by atoms with van der Waals surface area (Å²) in [4.78, 5) is 23.3. The van der Waals surface area contributed by atoms with Crippen molar-refractivity contribution in [3.05, 3.63) is 35.9 Å². The fraction of sp³-hybridized carbons (Fsp3) is 0.529. The number of carbonyl (C=O) groups excluding carboxylic acids is 2. The molecule has 0 aliphatic carbocycles. The van der Waals surface area contributed by atoms with Gasteiger partial charge >= 0.3 is 6.09 Å². The molecule has 1 unspecified atom stereocenters. The number of benzene rings is 1. The van der Waals surface area contributed by atoms with Gasteiger partial charge in [-0.15, -0.1) is 0 Å². The zero-order valence-electron chi connectivity index (χ0n) is 13.8. The SMILES string of the molecule is CC(NC(=O)CCCNC(=O)OC(C)(C)C)c1ccccc1. The molecule has 0 fully saturated rings. The number of nitrogens with one attached hydrogen (secondary N) is 2. The molecule has 0 spiro atoms. The van der Waals surface area contributed by atoms with E-state index in [4.69, 9.17) is 4.74 Å². The lowest BCUT2D eigenvalue weighted by molar-refractivity contribution is -0.121. The molecule has 0 heterocycles. The number of ether oxygens (including phenoxy) is 1. The van der Waals surface area contributed by atoms with Crippen molar-refractivity contribution in [3.8, 4) is 0 Å². The molecule has 0 aromatic heterocycles. The second-order valence-electron chi connectivity index (χ2n) is 6.23. The highest BCUT2D eigenvalue weighted by Crippen LogP contribution is 2.11. The second kappa shape index (κ2) is 8.41. The normalized spacial score (nSPS) is 12.4. The molecule has 2 N–H and O–H groups in total. The smallest absolute Gasteiger partial charge is 0.407 e. The monoisotopic (exact) mass is 306 g/mol. The quantitative estimate of drug-likeness (QED) is 0.793. The third kappa shape index (κ3) is 7.67. The molecule has 0 aliphatic rings. The third-order valence-electron chi connectivity index (χ3n) is 2.93. The number of carbonyl (C=O) groups is 2. The van der Waals surface area contributed by atoms with Gasteiger partial charge in [0.05, 0.1) is 6.04 Å². The minimum atomic E-state index is -0.507. The first-order chi connectivity index (χ1) is 10.3. The van der Waals surface area contributed by atoms with E-state index in [1.54, 1.807) is 0 Å². The Morgan fingerprint density at radius 3 is 2.41 bits per heavy atom. The Morgan fingerprint density at radius 1 is 1.18 bits per heavy atom. The van der Waals surface area contributed by atoms with Crippen LogP contribution < -0.4 is 10.6 Å². The first-order valence-electron chi connectivity index (χ1n) is 7.59. The molecule has 1 rings (SSSR count). The maximum absolute atomic E-state index is 11.8. The average Bonchev–Trinajstić information content (AvgIpc) is 2.42. The van der Waals surface area contributed by atoms with Gasteiger partial charge in [0.2, 0.25) is 5.91 Å². The highest BCUT2D eigenvalue weighted by Gasteiger charge is 2.15. The molecule has 0 radical (unpaired) electrons. The lowest BCUT2D eigenvalue weighted by Gasteiger charge is -2.19. The molecule has 5 nitrogen and oxygen atoms in total. The van der Waals surface area contributed by atoms with Crippen LogP contribution in [0, 0.1) is 0 Å². The molecule has 0 aliphatic heterocycles. The highest BCUT2D eigenvalue weighted by atomic mass is 16.6. The molecule has 0 bridgehead atoms. The van der Waals surface area contributed by atoms with E-state index in [-0.39, 0.29) is 11.9 Å². The van der Waals surface area contributed by atoms with Crippen LogP contribution in [0.25, 0.3) is 0 Å². The number of hydrogen-bond acceptors (Lipinski definition) is 3. The van der Waals surface area contributed by atoms with Crippen LogP contribution in [0.4, 0.5) is 4.79 Å². The van der Waals surface area contributed by atoms with E-state index < -0.39 is 11.7 Å². The molecule has 0 saturated heterocycles. The number of hydrogen-bond donors (Lipinski definition) is 2. The minimum Gasteiger partial charge on any atom is -0.444 e. The Morgan fingerprint density at radius 2 is 1.82 bits per heavy atom. The summed E-state index contributed by atoms with van der Waals surface area (Å²) in [6.45, 7) is 7.80.